The summed E-state index contributed by atoms with van der Waals surface area (Å²) in [5.41, 5.74) is 0.279. The quantitative estimate of drug-likeness (QED) is 0.191. The van der Waals surface area contributed by atoms with E-state index in [0.29, 0.717) is 12.8 Å². The largest absolute Gasteiger partial charge is 0.444 e. The van der Waals surface area contributed by atoms with Gasteiger partial charge in [-0.1, -0.05) is 60.7 Å². The van der Waals surface area contributed by atoms with Crippen LogP contribution in [0.2, 0.25) is 0 Å². The Labute approximate surface area is 243 Å². The van der Waals surface area contributed by atoms with Crippen molar-refractivity contribution in [2.75, 3.05) is 19.7 Å². The predicted octanol–water partition coefficient (Wildman–Crippen LogP) is 2.93. The Morgan fingerprint density at radius 2 is 1.15 bits per heavy atom. The van der Waals surface area contributed by atoms with Gasteiger partial charge in [-0.05, 0) is 58.6 Å². The number of aliphatic hydroxyl groups is 3. The van der Waals surface area contributed by atoms with Crippen molar-refractivity contribution >= 4 is 12.2 Å². The zero-order chi connectivity index (χ0) is 30.5. The van der Waals surface area contributed by atoms with Gasteiger partial charge in [-0.3, -0.25) is 0 Å². The summed E-state index contributed by atoms with van der Waals surface area (Å²) in [6, 6.07) is 17.6. The predicted molar refractivity (Wildman–Crippen MR) is 158 cm³/mol. The lowest BCUT2D eigenvalue weighted by Gasteiger charge is -2.29. The molecule has 0 bridgehead atoms. The summed E-state index contributed by atoms with van der Waals surface area (Å²) in [5, 5.41) is 39.9. The first-order valence-corrected chi connectivity index (χ1v) is 14.0. The van der Waals surface area contributed by atoms with E-state index in [0.717, 1.165) is 11.1 Å². The standard InChI is InChI=1S/C31H47N3O7/c1-30(2,3)40-28(38)33-24(18-22-12-8-6-9-13-22)26(36)20-32-21-27(37)25(19-23-14-10-7-11-15-23)34-29(39)41-31(4,5)16-17-35/h6-15,24-27,32,35-37H,16-21H2,1-5H3,(H,33,38)(H,34,39)/t24-,25-,26+,27+/m0/s1. The number of nitrogens with one attached hydrogen (secondary N) is 3. The molecule has 0 aliphatic rings. The molecule has 2 aromatic rings. The van der Waals surface area contributed by atoms with Gasteiger partial charge >= 0.3 is 12.2 Å². The third-order valence-electron chi connectivity index (χ3n) is 6.32. The van der Waals surface area contributed by atoms with E-state index in [1.54, 1.807) is 34.6 Å². The maximum Gasteiger partial charge on any atom is 0.407 e. The highest BCUT2D eigenvalue weighted by Crippen LogP contribution is 2.15. The first kappa shape index (κ1) is 34.0. The lowest BCUT2D eigenvalue weighted by atomic mass is 10.00. The van der Waals surface area contributed by atoms with Gasteiger partial charge in [0.2, 0.25) is 0 Å². The van der Waals surface area contributed by atoms with E-state index in [2.05, 4.69) is 16.0 Å². The number of benzene rings is 2. The number of aliphatic hydroxyl groups excluding tert-OH is 3. The fourth-order valence-electron chi connectivity index (χ4n) is 4.18. The van der Waals surface area contributed by atoms with E-state index in [1.807, 2.05) is 60.7 Å². The molecule has 228 valence electrons. The van der Waals surface area contributed by atoms with Gasteiger partial charge in [-0.15, -0.1) is 0 Å². The Morgan fingerprint density at radius 1 is 0.732 bits per heavy atom. The third-order valence-corrected chi connectivity index (χ3v) is 6.32. The van der Waals surface area contributed by atoms with Crippen LogP contribution >= 0.6 is 0 Å². The molecule has 10 heteroatoms. The molecule has 4 atom stereocenters. The van der Waals surface area contributed by atoms with Gasteiger partial charge in [0.05, 0.1) is 24.3 Å². The topological polar surface area (TPSA) is 149 Å². The van der Waals surface area contributed by atoms with E-state index < -0.39 is 47.7 Å². The van der Waals surface area contributed by atoms with Crippen LogP contribution in [0, 0.1) is 0 Å². The van der Waals surface area contributed by atoms with Gasteiger partial charge in [0.25, 0.3) is 0 Å². The molecule has 0 unspecified atom stereocenters. The smallest absolute Gasteiger partial charge is 0.407 e. The number of carbonyl (C=O) groups excluding carboxylic acids is 2. The van der Waals surface area contributed by atoms with Crippen molar-refractivity contribution in [1.29, 1.82) is 0 Å². The molecule has 0 saturated heterocycles. The second-order valence-electron chi connectivity index (χ2n) is 11.8. The summed E-state index contributed by atoms with van der Waals surface area (Å²) >= 11 is 0. The summed E-state index contributed by atoms with van der Waals surface area (Å²) in [6.45, 7) is 8.69. The van der Waals surface area contributed by atoms with Crippen molar-refractivity contribution in [3.63, 3.8) is 0 Å². The number of alkyl carbamates (subject to hydrolysis) is 2. The molecule has 0 aliphatic carbocycles. The normalized spacial score (nSPS) is 14.8. The average Bonchev–Trinajstić information content (AvgIpc) is 2.87. The lowest BCUT2D eigenvalue weighted by molar-refractivity contribution is 0.0145. The molecule has 0 heterocycles. The minimum absolute atomic E-state index is 0.0549. The minimum Gasteiger partial charge on any atom is -0.444 e. The van der Waals surface area contributed by atoms with Crippen LogP contribution in [0.5, 0.6) is 0 Å². The van der Waals surface area contributed by atoms with Crippen LogP contribution in [-0.2, 0) is 22.3 Å². The van der Waals surface area contributed by atoms with Crippen LogP contribution in [0.25, 0.3) is 0 Å². The molecule has 0 aromatic heterocycles. The summed E-state index contributed by atoms with van der Waals surface area (Å²) in [7, 11) is 0. The molecule has 0 aliphatic heterocycles. The molecular formula is C31H47N3O7. The fraction of sp³-hybridized carbons (Fsp3) is 0.548. The molecular weight excluding hydrogens is 526 g/mol. The Morgan fingerprint density at radius 3 is 1.54 bits per heavy atom. The third kappa shape index (κ3) is 13.8. The van der Waals surface area contributed by atoms with Gasteiger partial charge in [0.1, 0.15) is 11.2 Å². The highest BCUT2D eigenvalue weighted by atomic mass is 16.6. The van der Waals surface area contributed by atoms with Crippen molar-refractivity contribution in [2.45, 2.75) is 89.4 Å². The van der Waals surface area contributed by atoms with E-state index in [4.69, 9.17) is 9.47 Å². The number of carbonyl (C=O) groups is 2. The van der Waals surface area contributed by atoms with Crippen molar-refractivity contribution in [3.8, 4) is 0 Å². The molecule has 10 nitrogen and oxygen atoms in total. The maximum absolute atomic E-state index is 12.6. The van der Waals surface area contributed by atoms with Crippen LogP contribution in [0.1, 0.15) is 52.2 Å². The molecule has 0 radical (unpaired) electrons. The Kier molecular flexibility index (Phi) is 13.5. The van der Waals surface area contributed by atoms with E-state index in [1.165, 1.54) is 0 Å². The van der Waals surface area contributed by atoms with E-state index >= 15 is 0 Å². The lowest BCUT2D eigenvalue weighted by Crippen LogP contribution is -2.53. The van der Waals surface area contributed by atoms with Gasteiger partial charge in [0.15, 0.2) is 0 Å². The number of ether oxygens (including phenoxy) is 2. The molecule has 41 heavy (non-hydrogen) atoms. The minimum atomic E-state index is -1.03. The Balaban J connectivity index is 2.04. The molecule has 2 rings (SSSR count). The number of hydrogen-bond acceptors (Lipinski definition) is 8. The van der Waals surface area contributed by atoms with Gasteiger partial charge in [0, 0.05) is 26.1 Å². The van der Waals surface area contributed by atoms with Crippen molar-refractivity contribution in [1.82, 2.24) is 16.0 Å². The van der Waals surface area contributed by atoms with Crippen LogP contribution in [-0.4, -0.2) is 82.7 Å². The highest BCUT2D eigenvalue weighted by Gasteiger charge is 2.28. The van der Waals surface area contributed by atoms with E-state index in [9.17, 15) is 24.9 Å². The van der Waals surface area contributed by atoms with E-state index in [-0.39, 0.29) is 26.1 Å². The highest BCUT2D eigenvalue weighted by molar-refractivity contribution is 5.68. The van der Waals surface area contributed by atoms with Crippen molar-refractivity contribution in [2.24, 2.45) is 0 Å². The number of amides is 2. The monoisotopic (exact) mass is 573 g/mol. The van der Waals surface area contributed by atoms with Gasteiger partial charge in [-0.25, -0.2) is 9.59 Å². The summed E-state index contributed by atoms with van der Waals surface area (Å²) < 4.78 is 10.9. The molecule has 0 saturated carbocycles. The Bertz CT molecular complexity index is 1040. The summed E-state index contributed by atoms with van der Waals surface area (Å²) in [4.78, 5) is 25.1. The zero-order valence-corrected chi connectivity index (χ0v) is 24.8. The maximum atomic E-state index is 12.6. The van der Waals surface area contributed by atoms with Crippen LogP contribution in [0.4, 0.5) is 9.59 Å². The molecule has 2 aromatic carbocycles. The van der Waals surface area contributed by atoms with Gasteiger partial charge in [-0.2, -0.15) is 0 Å². The number of rotatable bonds is 15. The molecule has 2 amide bonds. The number of hydrogen-bond donors (Lipinski definition) is 6. The van der Waals surface area contributed by atoms with Crippen molar-refractivity contribution < 1.29 is 34.4 Å². The molecule has 6 N–H and O–H groups in total. The molecule has 0 spiro atoms. The first-order chi connectivity index (χ1) is 19.3. The fourth-order valence-corrected chi connectivity index (χ4v) is 4.18. The zero-order valence-electron chi connectivity index (χ0n) is 24.8. The summed E-state index contributed by atoms with van der Waals surface area (Å²) in [5.74, 6) is 0. The SMILES string of the molecule is CC(C)(C)OC(=O)N[C@@H](Cc1ccccc1)[C@H](O)CNC[C@@H](O)[C@H](Cc1ccccc1)NC(=O)OC(C)(C)CCO. The average molecular weight is 574 g/mol. The van der Waals surface area contributed by atoms with Crippen LogP contribution in [0.3, 0.4) is 0 Å². The first-order valence-electron chi connectivity index (χ1n) is 14.0. The molecule has 0 fully saturated rings. The summed E-state index contributed by atoms with van der Waals surface area (Å²) in [6.07, 6.45) is -2.37. The van der Waals surface area contributed by atoms with Crippen LogP contribution in [0.15, 0.2) is 60.7 Å². The van der Waals surface area contributed by atoms with Crippen molar-refractivity contribution in [3.05, 3.63) is 71.8 Å². The Hall–Kier alpha value is -3.18. The second-order valence-corrected chi connectivity index (χ2v) is 11.8. The van der Waals surface area contributed by atoms with Crippen LogP contribution < -0.4 is 16.0 Å². The van der Waals surface area contributed by atoms with Gasteiger partial charge < -0.3 is 40.7 Å². The second kappa shape index (κ2) is 16.3.